The fraction of sp³-hybridized carbons (Fsp3) is 0.619. The first-order valence-electron chi connectivity index (χ1n) is 9.38. The Bertz CT molecular complexity index is 575. The second kappa shape index (κ2) is 7.37. The van der Waals surface area contributed by atoms with E-state index >= 15 is 0 Å². The van der Waals surface area contributed by atoms with Crippen LogP contribution in [-0.4, -0.2) is 48.1 Å². The molecule has 1 aliphatic carbocycles. The summed E-state index contributed by atoms with van der Waals surface area (Å²) in [6.07, 6.45) is 4.89. The molecule has 0 bridgehead atoms. The van der Waals surface area contributed by atoms with Crippen molar-refractivity contribution in [1.82, 2.24) is 9.80 Å². The van der Waals surface area contributed by atoms with Crippen LogP contribution in [0.15, 0.2) is 29.8 Å². The van der Waals surface area contributed by atoms with E-state index in [1.807, 2.05) is 12.1 Å². The minimum absolute atomic E-state index is 0.144. The van der Waals surface area contributed by atoms with Crippen LogP contribution in [-0.2, 0) is 0 Å². The Hall–Kier alpha value is -1.19. The zero-order valence-corrected chi connectivity index (χ0v) is 15.4. The quantitative estimate of drug-likeness (QED) is 0.801. The summed E-state index contributed by atoms with van der Waals surface area (Å²) in [4.78, 5) is 5.19. The highest BCUT2D eigenvalue weighted by atomic mass is 19.1. The van der Waals surface area contributed by atoms with Crippen LogP contribution in [0.4, 0.5) is 4.39 Å². The number of nitrogens with zero attached hydrogens (tertiary/aromatic N) is 2. The van der Waals surface area contributed by atoms with Gasteiger partial charge in [0.1, 0.15) is 5.82 Å². The third kappa shape index (κ3) is 4.25. The Morgan fingerprint density at radius 1 is 0.917 bits per heavy atom. The normalized spacial score (nSPS) is 21.3. The molecule has 1 heterocycles. The minimum atomic E-state index is -0.144. The number of allylic oxidation sites excluding steroid dienone is 1. The maximum absolute atomic E-state index is 13.2. The Labute approximate surface area is 146 Å². The van der Waals surface area contributed by atoms with Crippen molar-refractivity contribution in [3.63, 3.8) is 0 Å². The van der Waals surface area contributed by atoms with E-state index in [4.69, 9.17) is 0 Å². The molecule has 1 fully saturated rings. The lowest BCUT2D eigenvalue weighted by molar-refractivity contribution is 0.0660. The Balaban J connectivity index is 1.69. The molecule has 24 heavy (non-hydrogen) atoms. The van der Waals surface area contributed by atoms with Gasteiger partial charge >= 0.3 is 0 Å². The van der Waals surface area contributed by atoms with Gasteiger partial charge in [-0.15, -0.1) is 0 Å². The van der Waals surface area contributed by atoms with Crippen LogP contribution in [0.3, 0.4) is 0 Å². The average Bonchev–Trinajstić information content (AvgIpc) is 2.56. The predicted octanol–water partition coefficient (Wildman–Crippen LogP) is 4.57. The van der Waals surface area contributed by atoms with Crippen LogP contribution in [0, 0.1) is 5.82 Å². The van der Waals surface area contributed by atoms with Gasteiger partial charge in [0.05, 0.1) is 0 Å². The molecule has 3 rings (SSSR count). The van der Waals surface area contributed by atoms with Gasteiger partial charge in [0, 0.05) is 38.3 Å². The summed E-state index contributed by atoms with van der Waals surface area (Å²) in [6.45, 7) is 12.6. The van der Waals surface area contributed by atoms with E-state index in [2.05, 4.69) is 30.6 Å². The molecule has 3 heteroatoms. The summed E-state index contributed by atoms with van der Waals surface area (Å²) in [5.74, 6) is -0.144. The van der Waals surface area contributed by atoms with Gasteiger partial charge in [-0.05, 0) is 69.7 Å². The van der Waals surface area contributed by atoms with Crippen LogP contribution in [0.25, 0.3) is 5.57 Å². The minimum Gasteiger partial charge on any atom is -0.297 e. The molecule has 1 saturated heterocycles. The molecule has 0 saturated carbocycles. The molecule has 0 radical (unpaired) electrons. The van der Waals surface area contributed by atoms with Crippen LogP contribution >= 0.6 is 0 Å². The number of rotatable bonds is 3. The SMILES string of the molecule is CC(C)(C)N1CCN(CC2=C(c3ccc(F)cc3)CCCC2)CC1. The first-order valence-corrected chi connectivity index (χ1v) is 9.38. The van der Waals surface area contributed by atoms with Gasteiger partial charge in [0.15, 0.2) is 0 Å². The molecule has 0 aromatic heterocycles. The van der Waals surface area contributed by atoms with Crippen molar-refractivity contribution in [3.8, 4) is 0 Å². The molecule has 0 spiro atoms. The van der Waals surface area contributed by atoms with E-state index in [1.54, 1.807) is 17.7 Å². The lowest BCUT2D eigenvalue weighted by Crippen LogP contribution is -2.53. The third-order valence-corrected chi connectivity index (χ3v) is 5.51. The standard InChI is InChI=1S/C21H31FN2/c1-21(2,3)24-14-12-23(13-15-24)16-18-6-4-5-7-20(18)17-8-10-19(22)11-9-17/h8-11H,4-7,12-16H2,1-3H3. The van der Waals surface area contributed by atoms with Gasteiger partial charge < -0.3 is 0 Å². The Kier molecular flexibility index (Phi) is 5.41. The van der Waals surface area contributed by atoms with Gasteiger partial charge in [0.2, 0.25) is 0 Å². The van der Waals surface area contributed by atoms with E-state index in [-0.39, 0.29) is 11.4 Å². The monoisotopic (exact) mass is 330 g/mol. The maximum atomic E-state index is 13.2. The first kappa shape index (κ1) is 17.6. The summed E-state index contributed by atoms with van der Waals surface area (Å²) >= 11 is 0. The molecule has 2 aliphatic rings. The highest BCUT2D eigenvalue weighted by Crippen LogP contribution is 2.33. The largest absolute Gasteiger partial charge is 0.297 e. The summed E-state index contributed by atoms with van der Waals surface area (Å²) in [7, 11) is 0. The zero-order chi connectivity index (χ0) is 17.2. The molecular weight excluding hydrogens is 299 g/mol. The number of benzene rings is 1. The topological polar surface area (TPSA) is 6.48 Å². The average molecular weight is 330 g/mol. The number of piperazine rings is 1. The third-order valence-electron chi connectivity index (χ3n) is 5.51. The zero-order valence-electron chi connectivity index (χ0n) is 15.4. The molecule has 0 amide bonds. The lowest BCUT2D eigenvalue weighted by atomic mass is 9.87. The highest BCUT2D eigenvalue weighted by Gasteiger charge is 2.26. The number of hydrogen-bond donors (Lipinski definition) is 0. The van der Waals surface area contributed by atoms with Gasteiger partial charge in [0.25, 0.3) is 0 Å². The fourth-order valence-electron chi connectivity index (χ4n) is 3.99. The van der Waals surface area contributed by atoms with Crippen molar-refractivity contribution < 1.29 is 4.39 Å². The van der Waals surface area contributed by atoms with Crippen molar-refractivity contribution in [2.45, 2.75) is 52.0 Å². The molecule has 0 atom stereocenters. The van der Waals surface area contributed by atoms with Crippen molar-refractivity contribution in [3.05, 3.63) is 41.2 Å². The molecule has 2 nitrogen and oxygen atoms in total. The van der Waals surface area contributed by atoms with E-state index in [0.717, 1.165) is 39.1 Å². The van der Waals surface area contributed by atoms with E-state index < -0.39 is 0 Å². The Morgan fingerprint density at radius 2 is 1.54 bits per heavy atom. The molecule has 0 unspecified atom stereocenters. The van der Waals surface area contributed by atoms with Crippen molar-refractivity contribution in [2.24, 2.45) is 0 Å². The molecule has 1 aromatic rings. The number of halogens is 1. The smallest absolute Gasteiger partial charge is 0.123 e. The second-order valence-electron chi connectivity index (χ2n) is 8.23. The van der Waals surface area contributed by atoms with E-state index in [0.29, 0.717) is 0 Å². The van der Waals surface area contributed by atoms with Crippen LogP contribution < -0.4 is 0 Å². The van der Waals surface area contributed by atoms with Crippen molar-refractivity contribution in [2.75, 3.05) is 32.7 Å². The summed E-state index contributed by atoms with van der Waals surface area (Å²) < 4.78 is 13.2. The van der Waals surface area contributed by atoms with Gasteiger partial charge in [-0.2, -0.15) is 0 Å². The van der Waals surface area contributed by atoms with E-state index in [9.17, 15) is 4.39 Å². The molecule has 1 aromatic carbocycles. The molecule has 1 aliphatic heterocycles. The van der Waals surface area contributed by atoms with Crippen LogP contribution in [0.1, 0.15) is 52.0 Å². The lowest BCUT2D eigenvalue weighted by Gasteiger charge is -2.42. The first-order chi connectivity index (χ1) is 11.4. The van der Waals surface area contributed by atoms with Gasteiger partial charge in [-0.25, -0.2) is 4.39 Å². The van der Waals surface area contributed by atoms with Crippen molar-refractivity contribution >= 4 is 5.57 Å². The van der Waals surface area contributed by atoms with Crippen LogP contribution in [0.2, 0.25) is 0 Å². The fourth-order valence-corrected chi connectivity index (χ4v) is 3.99. The maximum Gasteiger partial charge on any atom is 0.123 e. The van der Waals surface area contributed by atoms with Gasteiger partial charge in [-0.1, -0.05) is 17.7 Å². The predicted molar refractivity (Wildman–Crippen MR) is 99.6 cm³/mol. The number of hydrogen-bond acceptors (Lipinski definition) is 2. The highest BCUT2D eigenvalue weighted by molar-refractivity contribution is 5.69. The summed E-state index contributed by atoms with van der Waals surface area (Å²) in [5.41, 5.74) is 4.55. The molecule has 132 valence electrons. The van der Waals surface area contributed by atoms with Crippen molar-refractivity contribution in [1.29, 1.82) is 0 Å². The molecular formula is C21H31FN2. The van der Waals surface area contributed by atoms with Crippen LogP contribution in [0.5, 0.6) is 0 Å². The van der Waals surface area contributed by atoms with E-state index in [1.165, 1.54) is 30.4 Å². The van der Waals surface area contributed by atoms with Gasteiger partial charge in [-0.3, -0.25) is 9.80 Å². The summed E-state index contributed by atoms with van der Waals surface area (Å²) in [6, 6.07) is 7.09. The molecule has 0 N–H and O–H groups in total. The summed E-state index contributed by atoms with van der Waals surface area (Å²) in [5, 5.41) is 0. The second-order valence-corrected chi connectivity index (χ2v) is 8.23. The Morgan fingerprint density at radius 3 is 2.17 bits per heavy atom.